The molecule has 2 nitrogen and oxygen atoms in total. The Morgan fingerprint density at radius 1 is 1.25 bits per heavy atom. The van der Waals surface area contributed by atoms with E-state index in [2.05, 4.69) is 6.07 Å². The van der Waals surface area contributed by atoms with E-state index >= 15 is 0 Å². The van der Waals surface area contributed by atoms with E-state index in [9.17, 15) is 18.0 Å². The third-order valence-corrected chi connectivity index (χ3v) is 3.27. The SMILES string of the molecule is O=c1c(I)c[c-]c(-c2ccc(F)cc2)n1CC(F)F.[Y]. The zero-order chi connectivity index (χ0) is 14.0. The Hall–Kier alpha value is -0.206. The largest absolute Gasteiger partial charge is 0.336 e. The van der Waals surface area contributed by atoms with E-state index in [1.165, 1.54) is 30.3 Å². The second-order valence-corrected chi connectivity index (χ2v) is 4.96. The Kier molecular flexibility index (Phi) is 6.87. The van der Waals surface area contributed by atoms with Crippen LogP contribution >= 0.6 is 22.6 Å². The number of hydrogen-bond acceptors (Lipinski definition) is 1. The topological polar surface area (TPSA) is 22.0 Å². The summed E-state index contributed by atoms with van der Waals surface area (Å²) in [7, 11) is 0. The van der Waals surface area contributed by atoms with Crippen molar-refractivity contribution in [1.29, 1.82) is 0 Å². The second kappa shape index (κ2) is 7.70. The van der Waals surface area contributed by atoms with Crippen LogP contribution in [0.5, 0.6) is 0 Å². The first-order valence-corrected chi connectivity index (χ1v) is 6.42. The van der Waals surface area contributed by atoms with Crippen molar-refractivity contribution >= 4 is 22.6 Å². The summed E-state index contributed by atoms with van der Waals surface area (Å²) in [5.41, 5.74) is 0.195. The maximum atomic E-state index is 12.9. The predicted molar refractivity (Wildman–Crippen MR) is 73.7 cm³/mol. The normalized spacial score (nSPS) is 10.4. The molecule has 20 heavy (non-hydrogen) atoms. The number of rotatable bonds is 3. The van der Waals surface area contributed by atoms with E-state index < -0.39 is 24.3 Å². The first-order chi connectivity index (χ1) is 8.99. The van der Waals surface area contributed by atoms with Gasteiger partial charge in [-0.3, -0.25) is 4.79 Å². The molecule has 0 saturated heterocycles. The van der Waals surface area contributed by atoms with Crippen LogP contribution in [0.4, 0.5) is 13.2 Å². The summed E-state index contributed by atoms with van der Waals surface area (Å²) in [6.45, 7) is -0.709. The van der Waals surface area contributed by atoms with Crippen LogP contribution in [0.1, 0.15) is 0 Å². The number of hydrogen-bond donors (Lipinski definition) is 0. The number of aromatic nitrogens is 1. The first-order valence-electron chi connectivity index (χ1n) is 5.34. The predicted octanol–water partition coefficient (Wildman–Crippen LogP) is 3.32. The number of nitrogens with zero attached hydrogens (tertiary/aromatic N) is 1. The van der Waals surface area contributed by atoms with Crippen LogP contribution in [0.3, 0.4) is 0 Å². The van der Waals surface area contributed by atoms with E-state index in [-0.39, 0.29) is 38.4 Å². The molecule has 103 valence electrons. The summed E-state index contributed by atoms with van der Waals surface area (Å²) in [5.74, 6) is -0.433. The average molecular weight is 467 g/mol. The third-order valence-electron chi connectivity index (χ3n) is 2.49. The third kappa shape index (κ3) is 4.15. The molecule has 0 aliphatic carbocycles. The van der Waals surface area contributed by atoms with E-state index in [4.69, 9.17) is 0 Å². The average Bonchev–Trinajstić information content (AvgIpc) is 2.36. The van der Waals surface area contributed by atoms with Gasteiger partial charge in [0.15, 0.2) is 0 Å². The molecule has 0 atom stereocenters. The number of pyridine rings is 1. The van der Waals surface area contributed by atoms with Gasteiger partial charge in [0.1, 0.15) is 5.82 Å². The molecule has 0 unspecified atom stereocenters. The monoisotopic (exact) mass is 467 g/mol. The van der Waals surface area contributed by atoms with Gasteiger partial charge in [0.25, 0.3) is 6.43 Å². The summed E-state index contributed by atoms with van der Waals surface area (Å²) in [6.07, 6.45) is -2.65. The van der Waals surface area contributed by atoms with Gasteiger partial charge in [-0.2, -0.15) is 12.1 Å². The molecule has 0 aliphatic rings. The summed E-state index contributed by atoms with van der Waals surface area (Å²) < 4.78 is 39.2. The van der Waals surface area contributed by atoms with Crippen LogP contribution in [-0.2, 0) is 39.3 Å². The van der Waals surface area contributed by atoms with Gasteiger partial charge in [-0.15, -0.1) is 34.7 Å². The van der Waals surface area contributed by atoms with Crippen molar-refractivity contribution in [2.24, 2.45) is 0 Å². The summed E-state index contributed by atoms with van der Waals surface area (Å²) in [4.78, 5) is 11.9. The molecule has 0 saturated carbocycles. The Bertz CT molecular complexity index is 643. The van der Waals surface area contributed by atoms with Crippen LogP contribution in [0, 0.1) is 15.5 Å². The van der Waals surface area contributed by atoms with Crippen LogP contribution < -0.4 is 5.56 Å². The molecular formula is C13H8F3INOY-. The molecule has 7 heteroatoms. The van der Waals surface area contributed by atoms with Gasteiger partial charge in [0, 0.05) is 32.7 Å². The minimum atomic E-state index is -2.65. The Labute approximate surface area is 152 Å². The second-order valence-electron chi connectivity index (χ2n) is 3.80. The first kappa shape index (κ1) is 17.8. The van der Waals surface area contributed by atoms with Gasteiger partial charge in [0.05, 0.1) is 6.54 Å². The summed E-state index contributed by atoms with van der Waals surface area (Å²) in [5, 5.41) is 0. The molecule has 1 aromatic carbocycles. The molecule has 0 amide bonds. The van der Waals surface area contributed by atoms with Gasteiger partial charge in [0.2, 0.25) is 5.56 Å². The van der Waals surface area contributed by atoms with Crippen molar-refractivity contribution in [2.45, 2.75) is 13.0 Å². The number of halogens is 4. The fourth-order valence-corrected chi connectivity index (χ4v) is 2.11. The molecule has 2 aromatic rings. The van der Waals surface area contributed by atoms with Crippen LogP contribution in [0.2, 0.25) is 0 Å². The van der Waals surface area contributed by atoms with E-state index in [1.54, 1.807) is 22.6 Å². The minimum absolute atomic E-state index is 0. The molecule has 0 N–H and O–H groups in total. The maximum Gasteiger partial charge on any atom is 0.256 e. The van der Waals surface area contributed by atoms with Crippen molar-refractivity contribution in [3.63, 3.8) is 0 Å². The standard InChI is InChI=1S/C13H8F3INO.Y/c14-9-3-1-8(2-4-9)11-6-5-10(17)13(19)18(11)7-12(15)16;/h1-5,12H,7H2;/q-1;. The molecule has 0 aliphatic heterocycles. The van der Waals surface area contributed by atoms with E-state index in [0.717, 1.165) is 4.57 Å². The van der Waals surface area contributed by atoms with Gasteiger partial charge in [-0.25, -0.2) is 13.2 Å². The molecule has 1 heterocycles. The van der Waals surface area contributed by atoms with Gasteiger partial charge in [-0.05, 0) is 15.7 Å². The van der Waals surface area contributed by atoms with Gasteiger partial charge >= 0.3 is 0 Å². The number of alkyl halides is 2. The van der Waals surface area contributed by atoms with E-state index in [0.29, 0.717) is 9.13 Å². The zero-order valence-electron chi connectivity index (χ0n) is 10.1. The zero-order valence-corrected chi connectivity index (χ0v) is 15.1. The minimum Gasteiger partial charge on any atom is -0.336 e. The summed E-state index contributed by atoms with van der Waals surface area (Å²) >= 11 is 1.77. The fraction of sp³-hybridized carbons (Fsp3) is 0.154. The van der Waals surface area contributed by atoms with Crippen molar-refractivity contribution in [2.75, 3.05) is 0 Å². The van der Waals surface area contributed by atoms with E-state index in [1.807, 2.05) is 0 Å². The van der Waals surface area contributed by atoms with Crippen LogP contribution in [0.15, 0.2) is 35.1 Å². The van der Waals surface area contributed by atoms with Crippen molar-refractivity contribution in [1.82, 2.24) is 4.57 Å². The summed E-state index contributed by atoms with van der Waals surface area (Å²) in [6, 6.07) is 9.49. The Balaban J connectivity index is 0.00000200. The quantitative estimate of drug-likeness (QED) is 0.502. The molecule has 1 radical (unpaired) electrons. The van der Waals surface area contributed by atoms with Crippen molar-refractivity contribution < 1.29 is 45.9 Å². The molecule has 0 bridgehead atoms. The Morgan fingerprint density at radius 2 is 1.85 bits per heavy atom. The van der Waals surface area contributed by atoms with Crippen molar-refractivity contribution in [3.05, 3.63) is 56.1 Å². The molecule has 0 fully saturated rings. The van der Waals surface area contributed by atoms with Crippen molar-refractivity contribution in [3.8, 4) is 11.3 Å². The molecular weight excluding hydrogens is 459 g/mol. The molecule has 2 rings (SSSR count). The van der Waals surface area contributed by atoms with Gasteiger partial charge < -0.3 is 4.57 Å². The molecule has 1 aromatic heterocycles. The smallest absolute Gasteiger partial charge is 0.256 e. The maximum absolute atomic E-state index is 12.9. The fourth-order valence-electron chi connectivity index (χ4n) is 1.66. The molecule has 0 spiro atoms. The van der Waals surface area contributed by atoms with Crippen LogP contribution in [0.25, 0.3) is 11.3 Å². The van der Waals surface area contributed by atoms with Crippen LogP contribution in [-0.4, -0.2) is 11.0 Å². The number of benzene rings is 1. The Morgan fingerprint density at radius 3 is 2.40 bits per heavy atom. The van der Waals surface area contributed by atoms with Gasteiger partial charge in [-0.1, -0.05) is 11.3 Å².